The van der Waals surface area contributed by atoms with Gasteiger partial charge in [-0.05, 0) is 68.6 Å². The molecule has 1 aromatic heterocycles. The minimum Gasteiger partial charge on any atom is -0.447 e. The van der Waals surface area contributed by atoms with Crippen LogP contribution in [0.25, 0.3) is 10.9 Å². The molecule has 0 radical (unpaired) electrons. The van der Waals surface area contributed by atoms with E-state index in [-0.39, 0.29) is 29.1 Å². The number of carbonyl (C=O) groups excluding carboxylic acids is 1. The van der Waals surface area contributed by atoms with Crippen molar-refractivity contribution in [1.29, 1.82) is 0 Å². The molecule has 2 aliphatic heterocycles. The maximum absolute atomic E-state index is 11.2. The zero-order valence-corrected chi connectivity index (χ0v) is 15.6. The number of carbonyl (C=O) groups is 1. The number of alkyl carbamates (subject to hydrolysis) is 1. The molecular weight excluding hydrogens is 370 g/mol. The largest absolute Gasteiger partial charge is 0.447 e. The summed E-state index contributed by atoms with van der Waals surface area (Å²) in [4.78, 5) is 17.0. The van der Waals surface area contributed by atoms with Gasteiger partial charge in [0.1, 0.15) is 6.61 Å². The molecule has 1 atom stereocenters. The van der Waals surface area contributed by atoms with Crippen LogP contribution in [0.4, 0.5) is 4.79 Å². The average Bonchev–Trinajstić information content (AvgIpc) is 3.14. The molecule has 0 aliphatic carbocycles. The Bertz CT molecular complexity index is 722. The Hall–Kier alpha value is -1.53. The third-order valence-corrected chi connectivity index (χ3v) is 5.16. The Morgan fingerprint density at radius 3 is 2.79 bits per heavy atom. The molecule has 130 valence electrons. The number of fused-ring (bicyclic) bond motifs is 1. The lowest BCUT2D eigenvalue weighted by Crippen LogP contribution is -2.29. The monoisotopic (exact) mass is 393 g/mol. The lowest BCUT2D eigenvalue weighted by atomic mass is 9.89. The first kappa shape index (κ1) is 17.3. The fourth-order valence-electron chi connectivity index (χ4n) is 3.79. The van der Waals surface area contributed by atoms with Crippen molar-refractivity contribution < 1.29 is 9.53 Å². The summed E-state index contributed by atoms with van der Waals surface area (Å²) in [5.41, 5.74) is 3.90. The number of cyclic esters (lactones) is 1. The third-order valence-electron chi connectivity index (χ3n) is 5.16. The molecule has 6 heteroatoms. The highest BCUT2D eigenvalue weighted by atomic mass is 79.9. The van der Waals surface area contributed by atoms with Gasteiger partial charge in [-0.3, -0.25) is 0 Å². The lowest BCUT2D eigenvalue weighted by molar-refractivity contribution is 0.177. The molecule has 5 nitrogen and oxygen atoms in total. The van der Waals surface area contributed by atoms with Crippen LogP contribution in [-0.4, -0.2) is 48.8 Å². The van der Waals surface area contributed by atoms with Crippen LogP contribution in [-0.2, 0) is 11.2 Å². The summed E-state index contributed by atoms with van der Waals surface area (Å²) >= 11 is 0. The van der Waals surface area contributed by atoms with E-state index in [1.54, 1.807) is 0 Å². The van der Waals surface area contributed by atoms with Crippen molar-refractivity contribution in [3.8, 4) is 0 Å². The first-order chi connectivity index (χ1) is 11.2. The van der Waals surface area contributed by atoms with Crippen molar-refractivity contribution in [2.45, 2.75) is 31.2 Å². The van der Waals surface area contributed by atoms with E-state index >= 15 is 0 Å². The van der Waals surface area contributed by atoms with Gasteiger partial charge in [0.2, 0.25) is 0 Å². The van der Waals surface area contributed by atoms with Crippen LogP contribution in [0.3, 0.4) is 0 Å². The Labute approximate surface area is 152 Å². The number of hydrogen-bond donors (Lipinski definition) is 2. The number of halogens is 1. The average molecular weight is 394 g/mol. The number of likely N-dealkylation sites (tertiary alicyclic amines) is 1. The zero-order valence-electron chi connectivity index (χ0n) is 13.9. The van der Waals surface area contributed by atoms with Gasteiger partial charge in [0.25, 0.3) is 0 Å². The highest BCUT2D eigenvalue weighted by Crippen LogP contribution is 2.33. The summed E-state index contributed by atoms with van der Waals surface area (Å²) in [7, 11) is 2.20. The summed E-state index contributed by atoms with van der Waals surface area (Å²) in [6.07, 6.45) is 5.15. The molecular formula is C18H24BrN3O2. The van der Waals surface area contributed by atoms with Crippen molar-refractivity contribution in [2.75, 3.05) is 26.7 Å². The maximum atomic E-state index is 11.2. The molecule has 0 saturated carbocycles. The fourth-order valence-corrected chi connectivity index (χ4v) is 3.79. The minimum absolute atomic E-state index is 0. The number of nitrogens with one attached hydrogen (secondary N) is 2. The van der Waals surface area contributed by atoms with Gasteiger partial charge in [-0.2, -0.15) is 0 Å². The number of aromatic amines is 1. The molecule has 1 amide bonds. The molecule has 2 fully saturated rings. The van der Waals surface area contributed by atoms with Crippen LogP contribution in [0, 0.1) is 0 Å². The Morgan fingerprint density at radius 1 is 1.29 bits per heavy atom. The zero-order chi connectivity index (χ0) is 15.8. The summed E-state index contributed by atoms with van der Waals surface area (Å²) in [5.74, 6) is 0.643. The van der Waals surface area contributed by atoms with Crippen LogP contribution in [0.2, 0.25) is 0 Å². The van der Waals surface area contributed by atoms with Gasteiger partial charge in [-0.25, -0.2) is 4.79 Å². The number of rotatable bonds is 3. The Kier molecular flexibility index (Phi) is 5.15. The number of benzene rings is 1. The molecule has 0 bridgehead atoms. The molecule has 2 saturated heterocycles. The number of nitrogens with zero attached hydrogens (tertiary/aromatic N) is 1. The minimum atomic E-state index is -0.301. The normalized spacial score (nSPS) is 22.2. The number of hydrogen-bond acceptors (Lipinski definition) is 3. The second-order valence-corrected chi connectivity index (χ2v) is 6.85. The van der Waals surface area contributed by atoms with Crippen molar-refractivity contribution in [2.24, 2.45) is 0 Å². The fraction of sp³-hybridized carbons (Fsp3) is 0.500. The maximum Gasteiger partial charge on any atom is 0.407 e. The summed E-state index contributed by atoms with van der Waals surface area (Å²) in [6.45, 7) is 2.80. The molecule has 4 rings (SSSR count). The highest BCUT2D eigenvalue weighted by Gasteiger charge is 2.24. The van der Waals surface area contributed by atoms with Gasteiger partial charge in [0, 0.05) is 17.1 Å². The number of H-pyrrole nitrogens is 1. The standard InChI is InChI=1S/C18H23N3O2.BrH/c1-21-6-4-13(5-7-21)16-10-19-17-3-2-12(9-15(16)17)8-14-11-23-18(22)20-14;/h2-3,9-10,13-14,19H,4-8,11H2,1H3,(H,20,22);1H/t14-;/m1./s1. The van der Waals surface area contributed by atoms with E-state index in [1.165, 1.54) is 48.0 Å². The second-order valence-electron chi connectivity index (χ2n) is 6.85. The van der Waals surface area contributed by atoms with Crippen LogP contribution >= 0.6 is 17.0 Å². The van der Waals surface area contributed by atoms with Crippen LogP contribution in [0.15, 0.2) is 24.4 Å². The number of piperidine rings is 1. The predicted octanol–water partition coefficient (Wildman–Crippen LogP) is 3.21. The van der Waals surface area contributed by atoms with E-state index in [9.17, 15) is 4.79 Å². The predicted molar refractivity (Wildman–Crippen MR) is 100 cm³/mol. The summed E-state index contributed by atoms with van der Waals surface area (Å²) < 4.78 is 4.98. The number of ether oxygens (including phenoxy) is 1. The van der Waals surface area contributed by atoms with E-state index < -0.39 is 0 Å². The van der Waals surface area contributed by atoms with Crippen molar-refractivity contribution in [1.82, 2.24) is 15.2 Å². The molecule has 1 aromatic carbocycles. The Balaban J connectivity index is 0.00000169. The first-order valence-corrected chi connectivity index (χ1v) is 8.41. The topological polar surface area (TPSA) is 57.4 Å². The summed E-state index contributed by atoms with van der Waals surface area (Å²) in [6, 6.07) is 6.66. The third kappa shape index (κ3) is 3.44. The quantitative estimate of drug-likeness (QED) is 0.841. The van der Waals surface area contributed by atoms with Gasteiger partial charge < -0.3 is 19.9 Å². The summed E-state index contributed by atoms with van der Waals surface area (Å²) in [5, 5.41) is 4.19. The lowest BCUT2D eigenvalue weighted by Gasteiger charge is -2.28. The van der Waals surface area contributed by atoms with Crippen molar-refractivity contribution in [3.63, 3.8) is 0 Å². The molecule has 2 N–H and O–H groups in total. The van der Waals surface area contributed by atoms with Gasteiger partial charge >= 0.3 is 6.09 Å². The van der Waals surface area contributed by atoms with Crippen molar-refractivity contribution in [3.05, 3.63) is 35.5 Å². The van der Waals surface area contributed by atoms with Gasteiger partial charge in [-0.15, -0.1) is 17.0 Å². The smallest absolute Gasteiger partial charge is 0.407 e. The molecule has 0 unspecified atom stereocenters. The van der Waals surface area contributed by atoms with E-state index in [0.717, 1.165) is 6.42 Å². The SMILES string of the molecule is Br.CN1CCC(c2c[nH]c3ccc(C[C@@H]4COC(=O)N4)cc23)CC1. The highest BCUT2D eigenvalue weighted by molar-refractivity contribution is 8.93. The Morgan fingerprint density at radius 2 is 2.08 bits per heavy atom. The second kappa shape index (κ2) is 7.15. The van der Waals surface area contributed by atoms with E-state index in [1.807, 2.05) is 0 Å². The molecule has 2 aromatic rings. The number of aromatic nitrogens is 1. The van der Waals surface area contributed by atoms with Gasteiger partial charge in [0.05, 0.1) is 6.04 Å². The van der Waals surface area contributed by atoms with Gasteiger partial charge in [0.15, 0.2) is 0 Å². The molecule has 2 aliphatic rings. The van der Waals surface area contributed by atoms with E-state index in [0.29, 0.717) is 12.5 Å². The first-order valence-electron chi connectivity index (χ1n) is 8.41. The van der Waals surface area contributed by atoms with Crippen LogP contribution in [0.1, 0.15) is 29.9 Å². The van der Waals surface area contributed by atoms with Crippen LogP contribution in [0.5, 0.6) is 0 Å². The number of amides is 1. The van der Waals surface area contributed by atoms with E-state index in [2.05, 4.69) is 46.6 Å². The van der Waals surface area contributed by atoms with E-state index in [4.69, 9.17) is 4.74 Å². The molecule has 3 heterocycles. The molecule has 24 heavy (non-hydrogen) atoms. The van der Waals surface area contributed by atoms with Crippen LogP contribution < -0.4 is 5.32 Å². The van der Waals surface area contributed by atoms with Crippen molar-refractivity contribution >= 4 is 34.0 Å². The molecule has 0 spiro atoms. The van der Waals surface area contributed by atoms with Gasteiger partial charge in [-0.1, -0.05) is 6.07 Å².